The van der Waals surface area contributed by atoms with Crippen molar-refractivity contribution < 1.29 is 33.0 Å². The number of ether oxygens (including phenoxy) is 2. The smallest absolute Gasteiger partial charge is 0.407 e. The molecule has 37 heavy (non-hydrogen) atoms. The molecule has 2 amide bonds. The monoisotopic (exact) mass is 536 g/mol. The van der Waals surface area contributed by atoms with Gasteiger partial charge < -0.3 is 25.2 Å². The quantitative estimate of drug-likeness (QED) is 0.362. The van der Waals surface area contributed by atoms with E-state index in [1.165, 1.54) is 0 Å². The van der Waals surface area contributed by atoms with Crippen LogP contribution in [0.25, 0.3) is 0 Å². The molecular formula is C27H38F2N2O5Si. The summed E-state index contributed by atoms with van der Waals surface area (Å²) in [4.78, 5) is 24.7. The van der Waals surface area contributed by atoms with Crippen LogP contribution in [0.1, 0.15) is 31.9 Å². The maximum atomic E-state index is 15.0. The van der Waals surface area contributed by atoms with Crippen molar-refractivity contribution in [2.45, 2.75) is 77.1 Å². The summed E-state index contributed by atoms with van der Waals surface area (Å²) in [6.07, 6.45) is -3.51. The number of hydrogen-bond donors (Lipinski definition) is 3. The fraction of sp³-hybridized carbons (Fsp3) is 0.481. The van der Waals surface area contributed by atoms with Gasteiger partial charge in [0, 0.05) is 6.17 Å². The molecule has 0 saturated heterocycles. The third-order valence-corrected chi connectivity index (χ3v) is 6.40. The highest BCUT2D eigenvalue weighted by atomic mass is 28.3. The van der Waals surface area contributed by atoms with E-state index in [1.54, 1.807) is 45.0 Å². The first-order chi connectivity index (χ1) is 17.1. The standard InChI is InChI=1S/C27H38F2N2O5Si/c1-26(2,3)36-25(34)31-22(23(32)27(28,29)24(33)30-18-37(4,5)6)16-19-12-14-21(15-13-19)35-17-20-10-8-7-9-11-20/h7-15,22-23,32H,16-18H2,1-6H3,(H,30,33)(H,31,34). The number of benzene rings is 2. The van der Waals surface area contributed by atoms with Gasteiger partial charge in [-0.3, -0.25) is 4.79 Å². The fourth-order valence-electron chi connectivity index (χ4n) is 3.27. The van der Waals surface area contributed by atoms with E-state index in [0.29, 0.717) is 17.9 Å². The SMILES string of the molecule is CC(C)(C)OC(=O)NC(Cc1ccc(OCc2ccccc2)cc1)C(O)C(F)(F)C(=O)NC[Si](C)(C)C. The maximum absolute atomic E-state index is 15.0. The minimum absolute atomic E-state index is 0.128. The van der Waals surface area contributed by atoms with Gasteiger partial charge in [0.15, 0.2) is 0 Å². The number of rotatable bonds is 11. The van der Waals surface area contributed by atoms with Gasteiger partial charge in [0.25, 0.3) is 5.91 Å². The van der Waals surface area contributed by atoms with E-state index < -0.39 is 43.7 Å². The molecule has 10 heteroatoms. The lowest BCUT2D eigenvalue weighted by atomic mass is 9.96. The highest BCUT2D eigenvalue weighted by Gasteiger charge is 2.50. The lowest BCUT2D eigenvalue weighted by Gasteiger charge is -2.31. The number of nitrogens with one attached hydrogen (secondary N) is 2. The summed E-state index contributed by atoms with van der Waals surface area (Å²) in [6.45, 7) is 11.0. The van der Waals surface area contributed by atoms with Gasteiger partial charge in [-0.25, -0.2) is 4.79 Å². The molecule has 2 rings (SSSR count). The van der Waals surface area contributed by atoms with Crippen LogP contribution in [0.15, 0.2) is 54.6 Å². The topological polar surface area (TPSA) is 96.9 Å². The van der Waals surface area contributed by atoms with Crippen molar-refractivity contribution in [1.29, 1.82) is 0 Å². The van der Waals surface area contributed by atoms with Crippen molar-refractivity contribution in [2.24, 2.45) is 0 Å². The van der Waals surface area contributed by atoms with Gasteiger partial charge in [-0.1, -0.05) is 62.1 Å². The summed E-state index contributed by atoms with van der Waals surface area (Å²) in [5.74, 6) is -5.15. The molecule has 0 spiro atoms. The molecule has 0 aliphatic carbocycles. The van der Waals surface area contributed by atoms with E-state index in [4.69, 9.17) is 9.47 Å². The van der Waals surface area contributed by atoms with E-state index >= 15 is 0 Å². The molecule has 0 aliphatic heterocycles. The fourth-order valence-corrected chi connectivity index (χ4v) is 3.96. The summed E-state index contributed by atoms with van der Waals surface area (Å²) < 4.78 is 40.9. The van der Waals surface area contributed by atoms with Crippen LogP contribution in [0.3, 0.4) is 0 Å². The third-order valence-electron chi connectivity index (χ3n) is 5.16. The van der Waals surface area contributed by atoms with Gasteiger partial charge in [0.1, 0.15) is 24.1 Å². The molecule has 0 radical (unpaired) electrons. The van der Waals surface area contributed by atoms with Gasteiger partial charge in [0.2, 0.25) is 0 Å². The minimum atomic E-state index is -4.14. The zero-order valence-electron chi connectivity index (χ0n) is 22.3. The largest absolute Gasteiger partial charge is 0.489 e. The van der Waals surface area contributed by atoms with Gasteiger partial charge in [0.05, 0.1) is 14.1 Å². The van der Waals surface area contributed by atoms with Crippen molar-refractivity contribution in [1.82, 2.24) is 10.6 Å². The Balaban J connectivity index is 2.16. The van der Waals surface area contributed by atoms with E-state index in [1.807, 2.05) is 50.0 Å². The summed E-state index contributed by atoms with van der Waals surface area (Å²) in [5, 5.41) is 15.2. The molecule has 3 N–H and O–H groups in total. The average Bonchev–Trinajstić information content (AvgIpc) is 2.80. The number of halogens is 2. The maximum Gasteiger partial charge on any atom is 0.407 e. The zero-order chi connectivity index (χ0) is 27.9. The Kier molecular flexibility index (Phi) is 10.2. The molecule has 0 bridgehead atoms. The van der Waals surface area contributed by atoms with Gasteiger partial charge in [-0.2, -0.15) is 8.78 Å². The molecule has 204 valence electrons. The molecule has 2 atom stereocenters. The Hall–Kier alpha value is -2.98. The molecule has 0 heterocycles. The zero-order valence-corrected chi connectivity index (χ0v) is 23.3. The van der Waals surface area contributed by atoms with Crippen LogP contribution in [0.4, 0.5) is 13.6 Å². The summed E-state index contributed by atoms with van der Waals surface area (Å²) in [5.41, 5.74) is 0.658. The molecule has 0 saturated carbocycles. The van der Waals surface area contributed by atoms with Crippen LogP contribution in [0.2, 0.25) is 19.6 Å². The predicted molar refractivity (Wildman–Crippen MR) is 141 cm³/mol. The normalized spacial score (nSPS) is 13.9. The van der Waals surface area contributed by atoms with Gasteiger partial charge >= 0.3 is 12.0 Å². The molecule has 2 aromatic rings. The number of aliphatic hydroxyl groups is 1. The van der Waals surface area contributed by atoms with E-state index in [9.17, 15) is 23.5 Å². The first-order valence-corrected chi connectivity index (χ1v) is 15.9. The van der Waals surface area contributed by atoms with Crippen LogP contribution >= 0.6 is 0 Å². The number of alkyl halides is 2. The van der Waals surface area contributed by atoms with Crippen molar-refractivity contribution in [3.05, 3.63) is 65.7 Å². The van der Waals surface area contributed by atoms with Crippen LogP contribution in [0.5, 0.6) is 5.75 Å². The molecule has 0 aromatic heterocycles. The molecule has 7 nitrogen and oxygen atoms in total. The van der Waals surface area contributed by atoms with Crippen molar-refractivity contribution >= 4 is 20.1 Å². The minimum Gasteiger partial charge on any atom is -0.489 e. The second-order valence-electron chi connectivity index (χ2n) is 11.2. The second-order valence-corrected chi connectivity index (χ2v) is 16.7. The molecule has 2 unspecified atom stereocenters. The molecule has 0 fully saturated rings. The predicted octanol–water partition coefficient (Wildman–Crippen LogP) is 4.69. The van der Waals surface area contributed by atoms with E-state index in [-0.39, 0.29) is 12.6 Å². The molecule has 2 aromatic carbocycles. The number of hydrogen-bond acceptors (Lipinski definition) is 5. The number of alkyl carbamates (subject to hydrolysis) is 1. The number of aliphatic hydroxyl groups excluding tert-OH is 1. The number of carbonyl (C=O) groups excluding carboxylic acids is 2. The van der Waals surface area contributed by atoms with Crippen molar-refractivity contribution in [2.75, 3.05) is 6.17 Å². The second kappa shape index (κ2) is 12.5. The Bertz CT molecular complexity index is 1020. The third kappa shape index (κ3) is 10.5. The lowest BCUT2D eigenvalue weighted by Crippen LogP contribution is -2.59. The van der Waals surface area contributed by atoms with Crippen LogP contribution in [0, 0.1) is 0 Å². The van der Waals surface area contributed by atoms with E-state index in [0.717, 1.165) is 5.56 Å². The van der Waals surface area contributed by atoms with Gasteiger partial charge in [-0.05, 0) is 50.5 Å². The first kappa shape index (κ1) is 30.2. The van der Waals surface area contributed by atoms with Crippen molar-refractivity contribution in [3.63, 3.8) is 0 Å². The summed E-state index contributed by atoms with van der Waals surface area (Å²) >= 11 is 0. The first-order valence-electron chi connectivity index (χ1n) is 12.2. The van der Waals surface area contributed by atoms with Crippen LogP contribution < -0.4 is 15.4 Å². The Morgan fingerprint density at radius 1 is 0.973 bits per heavy atom. The average molecular weight is 537 g/mol. The lowest BCUT2D eigenvalue weighted by molar-refractivity contribution is -0.166. The highest BCUT2D eigenvalue weighted by molar-refractivity contribution is 6.76. The summed E-state index contributed by atoms with van der Waals surface area (Å²) in [6, 6.07) is 14.7. The number of amides is 2. The Labute approximate surface area is 218 Å². The number of carbonyl (C=O) groups is 2. The molecular weight excluding hydrogens is 498 g/mol. The van der Waals surface area contributed by atoms with Crippen LogP contribution in [-0.4, -0.2) is 55.0 Å². The van der Waals surface area contributed by atoms with E-state index in [2.05, 4.69) is 10.6 Å². The Morgan fingerprint density at radius 2 is 1.57 bits per heavy atom. The summed E-state index contributed by atoms with van der Waals surface area (Å²) in [7, 11) is -1.86. The van der Waals surface area contributed by atoms with Crippen molar-refractivity contribution in [3.8, 4) is 5.75 Å². The molecule has 0 aliphatic rings. The Morgan fingerprint density at radius 3 is 2.11 bits per heavy atom. The van der Waals surface area contributed by atoms with Crippen LogP contribution in [-0.2, 0) is 22.6 Å². The van der Waals surface area contributed by atoms with Gasteiger partial charge in [-0.15, -0.1) is 0 Å². The highest BCUT2D eigenvalue weighted by Crippen LogP contribution is 2.25.